The van der Waals surface area contributed by atoms with E-state index in [9.17, 15) is 0 Å². The third-order valence-electron chi connectivity index (χ3n) is 4.02. The molecule has 0 saturated carbocycles. The molecule has 1 aromatic heterocycles. The van der Waals surface area contributed by atoms with Gasteiger partial charge in [0.1, 0.15) is 0 Å². The first kappa shape index (κ1) is 27.8. The number of benzene rings is 3. The van der Waals surface area contributed by atoms with Gasteiger partial charge >= 0.3 is 19.9 Å². The van der Waals surface area contributed by atoms with E-state index in [0.29, 0.717) is 0 Å². The molecule has 0 amide bonds. The van der Waals surface area contributed by atoms with Gasteiger partial charge in [-0.2, -0.15) is 0 Å². The number of hydrogen-bond acceptors (Lipinski definition) is 0. The van der Waals surface area contributed by atoms with E-state index in [-0.39, 0.29) is 27.2 Å². The maximum atomic E-state index is 6.21. The summed E-state index contributed by atoms with van der Waals surface area (Å²) in [4.78, 5) is 0. The van der Waals surface area contributed by atoms with Crippen molar-refractivity contribution < 1.29 is 23.2 Å². The van der Waals surface area contributed by atoms with Crippen LogP contribution in [0.3, 0.4) is 0 Å². The number of rotatable bonds is 3. The van der Waals surface area contributed by atoms with Crippen LogP contribution < -0.4 is 18.8 Å². The molecule has 1 nitrogen and oxygen atoms in total. The van der Waals surface area contributed by atoms with Crippen LogP contribution in [0.25, 0.3) is 33.8 Å². The van der Waals surface area contributed by atoms with E-state index >= 15 is 0 Å². The summed E-state index contributed by atoms with van der Waals surface area (Å²) in [5, 5.41) is 0. The van der Waals surface area contributed by atoms with Crippen molar-refractivity contribution in [2.45, 2.75) is 0 Å². The largest absolute Gasteiger partial charge is 3.00 e. The molecule has 3 aromatic carbocycles. The monoisotopic (exact) mass is 396 g/mol. The van der Waals surface area contributed by atoms with E-state index in [1.807, 2.05) is 42.5 Å². The summed E-state index contributed by atoms with van der Waals surface area (Å²) in [7, 11) is 0. The van der Waals surface area contributed by atoms with Gasteiger partial charge in [0, 0.05) is 5.56 Å². The van der Waals surface area contributed by atoms with Crippen molar-refractivity contribution in [3.8, 4) is 33.8 Å². The molecule has 0 saturated heterocycles. The van der Waals surface area contributed by atoms with E-state index < -0.39 is 0 Å². The second kappa shape index (κ2) is 12.9. The van der Waals surface area contributed by atoms with Gasteiger partial charge in [-0.15, -0.1) is 0 Å². The molecule has 29 heavy (non-hydrogen) atoms. The Hall–Kier alpha value is -3.41. The summed E-state index contributed by atoms with van der Waals surface area (Å²) in [6.07, 6.45) is 0. The fraction of sp³-hybridized carbons (Fsp3) is 0. The van der Waals surface area contributed by atoms with Crippen LogP contribution in [0.4, 0.5) is 0 Å². The van der Waals surface area contributed by atoms with Crippen LogP contribution in [0.5, 0.6) is 0 Å². The Morgan fingerprint density at radius 2 is 0.690 bits per heavy atom. The summed E-state index contributed by atoms with van der Waals surface area (Å²) < 4.78 is 6.21. The molecule has 1 heterocycles. The zero-order chi connectivity index (χ0) is 16.2. The van der Waals surface area contributed by atoms with Crippen molar-refractivity contribution in [3.63, 3.8) is 0 Å². The molecular formula is C23H17BF4O. The first-order valence-corrected chi connectivity index (χ1v) is 8.04. The quantitative estimate of drug-likeness (QED) is 0.191. The average Bonchev–Trinajstić information content (AvgIpc) is 2.70. The first-order chi connectivity index (χ1) is 11.9. The van der Waals surface area contributed by atoms with Gasteiger partial charge in [0.15, 0.2) is 0 Å². The van der Waals surface area contributed by atoms with Crippen LogP contribution in [0.2, 0.25) is 0 Å². The van der Waals surface area contributed by atoms with Gasteiger partial charge in [-0.3, -0.25) is 0 Å². The Morgan fingerprint density at radius 3 is 1.03 bits per heavy atom. The second-order valence-corrected chi connectivity index (χ2v) is 5.67. The Bertz CT molecular complexity index is 813. The molecule has 4 aromatic rings. The van der Waals surface area contributed by atoms with Gasteiger partial charge in [0.05, 0.1) is 23.3 Å². The van der Waals surface area contributed by atoms with Crippen LogP contribution in [0, 0.1) is 0 Å². The van der Waals surface area contributed by atoms with Gasteiger partial charge in [0.25, 0.3) is 0 Å². The molecule has 0 aliphatic carbocycles. The Labute approximate surface area is 169 Å². The second-order valence-electron chi connectivity index (χ2n) is 5.67. The molecule has 0 N–H and O–H groups in total. The normalized spacial score (nSPS) is 8.69. The molecule has 0 aliphatic rings. The standard InChI is InChI=1S/C23H17O.B.4FH/c1-4-10-18(11-5-1)21-16-22(19-12-6-2-7-13-19)24-23(17-21)20-14-8-3-9-15-20;;;;;/h1-17H;;4*1H/q+1;+3;;;;/p-4. The van der Waals surface area contributed by atoms with E-state index in [4.69, 9.17) is 4.42 Å². The molecule has 0 spiro atoms. The number of halogens is 4. The molecule has 0 unspecified atom stereocenters. The minimum Gasteiger partial charge on any atom is -1.00 e. The Balaban J connectivity index is 0. The van der Waals surface area contributed by atoms with Crippen molar-refractivity contribution in [2.75, 3.05) is 0 Å². The van der Waals surface area contributed by atoms with Gasteiger partial charge in [0.2, 0.25) is 0 Å². The van der Waals surface area contributed by atoms with Gasteiger partial charge < -0.3 is 18.8 Å². The van der Waals surface area contributed by atoms with E-state index in [1.54, 1.807) is 0 Å². The summed E-state index contributed by atoms with van der Waals surface area (Å²) in [6.45, 7) is 0. The molecule has 146 valence electrons. The summed E-state index contributed by atoms with van der Waals surface area (Å²) in [5.74, 6) is 1.74. The van der Waals surface area contributed by atoms with Crippen molar-refractivity contribution in [1.29, 1.82) is 0 Å². The van der Waals surface area contributed by atoms with Crippen molar-refractivity contribution in [1.82, 2.24) is 0 Å². The van der Waals surface area contributed by atoms with Crippen molar-refractivity contribution in [3.05, 3.63) is 103 Å². The minimum atomic E-state index is 0. The Kier molecular flexibility index (Phi) is 12.4. The Morgan fingerprint density at radius 1 is 0.379 bits per heavy atom. The molecule has 0 atom stereocenters. The molecule has 0 radical (unpaired) electrons. The summed E-state index contributed by atoms with van der Waals surface area (Å²) in [5.41, 5.74) is 4.49. The van der Waals surface area contributed by atoms with Crippen LogP contribution in [-0.4, -0.2) is 8.41 Å². The summed E-state index contributed by atoms with van der Waals surface area (Å²) >= 11 is 0. The number of hydrogen-bond donors (Lipinski definition) is 0. The van der Waals surface area contributed by atoms with Crippen molar-refractivity contribution >= 4 is 8.41 Å². The molecule has 6 heteroatoms. The average molecular weight is 396 g/mol. The smallest absolute Gasteiger partial charge is 1.00 e. The van der Waals surface area contributed by atoms with Crippen LogP contribution in [-0.2, 0) is 0 Å². The minimum absolute atomic E-state index is 0. The molecule has 4 rings (SSSR count). The molecule has 0 fully saturated rings. The van der Waals surface area contributed by atoms with E-state index in [1.165, 1.54) is 5.56 Å². The van der Waals surface area contributed by atoms with Gasteiger partial charge in [-0.25, -0.2) is 4.42 Å². The summed E-state index contributed by atoms with van der Waals surface area (Å²) in [6, 6.07) is 35.1. The third-order valence-corrected chi connectivity index (χ3v) is 4.02. The topological polar surface area (TPSA) is 11.3 Å². The van der Waals surface area contributed by atoms with Crippen LogP contribution in [0.15, 0.2) is 108 Å². The zero-order valence-corrected chi connectivity index (χ0v) is 15.3. The maximum Gasteiger partial charge on any atom is 3.00 e. The van der Waals surface area contributed by atoms with E-state index in [2.05, 4.69) is 60.7 Å². The fourth-order valence-corrected chi connectivity index (χ4v) is 2.79. The zero-order valence-electron chi connectivity index (χ0n) is 15.3. The predicted octanol–water partition coefficient (Wildman–Crippen LogP) is -5.80. The first-order valence-electron chi connectivity index (χ1n) is 8.04. The van der Waals surface area contributed by atoms with Crippen LogP contribution in [0.1, 0.15) is 0 Å². The van der Waals surface area contributed by atoms with Crippen molar-refractivity contribution in [2.24, 2.45) is 0 Å². The fourth-order valence-electron chi connectivity index (χ4n) is 2.79. The van der Waals surface area contributed by atoms with Gasteiger partial charge in [-0.1, -0.05) is 66.7 Å². The molecule has 0 bridgehead atoms. The maximum absolute atomic E-state index is 6.21. The predicted molar refractivity (Wildman–Crippen MR) is 105 cm³/mol. The van der Waals surface area contributed by atoms with E-state index in [0.717, 1.165) is 28.2 Å². The third kappa shape index (κ3) is 6.31. The van der Waals surface area contributed by atoms with Gasteiger partial charge in [-0.05, 0) is 29.8 Å². The SMILES string of the molecule is [B+3].[F-].[F-].[F-].[F-].c1ccc(-c2cc(-c3ccccc3)[o+]c(-c3ccccc3)c2)cc1. The molecule has 0 aliphatic heterocycles. The van der Waals surface area contributed by atoms with Crippen LogP contribution >= 0.6 is 0 Å². The molecular weight excluding hydrogens is 379 g/mol.